The number of carbonyl (C=O) groups is 1. The molecule has 0 aromatic carbocycles. The molecule has 1 aromatic rings. The van der Waals surface area contributed by atoms with Gasteiger partial charge in [-0.1, -0.05) is 13.0 Å². The van der Waals surface area contributed by atoms with E-state index in [1.807, 2.05) is 17.5 Å². The molecule has 4 nitrogen and oxygen atoms in total. The molecule has 1 fully saturated rings. The molecule has 1 aliphatic carbocycles. The zero-order valence-electron chi connectivity index (χ0n) is 11.3. The van der Waals surface area contributed by atoms with Gasteiger partial charge in [-0.3, -0.25) is 4.79 Å². The van der Waals surface area contributed by atoms with Crippen LogP contribution in [0.3, 0.4) is 0 Å². The first-order valence-electron chi connectivity index (χ1n) is 6.78. The van der Waals surface area contributed by atoms with E-state index < -0.39 is 11.6 Å². The summed E-state index contributed by atoms with van der Waals surface area (Å²) in [5, 5.41) is 14.5. The third kappa shape index (κ3) is 3.35. The first-order valence-corrected chi connectivity index (χ1v) is 7.66. The number of carbonyl (C=O) groups excluding carboxylic acids is 1. The summed E-state index contributed by atoms with van der Waals surface area (Å²) in [5.41, 5.74) is 5.48. The van der Waals surface area contributed by atoms with E-state index in [1.54, 1.807) is 0 Å². The second-order valence-corrected chi connectivity index (χ2v) is 6.58. The molecule has 19 heavy (non-hydrogen) atoms. The zero-order valence-corrected chi connectivity index (χ0v) is 12.1. The van der Waals surface area contributed by atoms with Crippen molar-refractivity contribution in [1.82, 2.24) is 5.32 Å². The van der Waals surface area contributed by atoms with Crippen molar-refractivity contribution in [3.05, 3.63) is 22.4 Å². The van der Waals surface area contributed by atoms with Crippen LogP contribution in [0, 0.1) is 5.92 Å². The van der Waals surface area contributed by atoms with Crippen LogP contribution >= 0.6 is 11.3 Å². The van der Waals surface area contributed by atoms with Gasteiger partial charge in [-0.05, 0) is 43.0 Å². The Hall–Kier alpha value is -0.910. The van der Waals surface area contributed by atoms with Crippen LogP contribution in [0.25, 0.3) is 0 Å². The first-order chi connectivity index (χ1) is 9.06. The number of hydrogen-bond donors (Lipinski definition) is 3. The van der Waals surface area contributed by atoms with Gasteiger partial charge in [0.2, 0.25) is 5.91 Å². The highest BCUT2D eigenvalue weighted by molar-refractivity contribution is 7.10. The Morgan fingerprint density at radius 2 is 2.32 bits per heavy atom. The average molecular weight is 282 g/mol. The SMILES string of the molecule is CC1CCC(CO)(NC(=O)C(N)c2cccs2)CC1. The van der Waals surface area contributed by atoms with Crippen LogP contribution in [0.5, 0.6) is 0 Å². The molecule has 1 aliphatic rings. The number of hydrogen-bond acceptors (Lipinski definition) is 4. The largest absolute Gasteiger partial charge is 0.394 e. The van der Waals surface area contributed by atoms with Crippen molar-refractivity contribution >= 4 is 17.2 Å². The van der Waals surface area contributed by atoms with Crippen LogP contribution in [0.1, 0.15) is 43.5 Å². The van der Waals surface area contributed by atoms with Crippen LogP contribution in [0.2, 0.25) is 0 Å². The molecular formula is C14H22N2O2S. The second-order valence-electron chi connectivity index (χ2n) is 5.60. The predicted molar refractivity (Wildman–Crippen MR) is 76.8 cm³/mol. The van der Waals surface area contributed by atoms with Crippen molar-refractivity contribution < 1.29 is 9.90 Å². The third-order valence-corrected chi connectivity index (χ3v) is 5.01. The van der Waals surface area contributed by atoms with Gasteiger partial charge in [0.25, 0.3) is 0 Å². The van der Waals surface area contributed by atoms with Crippen LogP contribution in [0.15, 0.2) is 17.5 Å². The van der Waals surface area contributed by atoms with Gasteiger partial charge < -0.3 is 16.2 Å². The van der Waals surface area contributed by atoms with Gasteiger partial charge in [0.05, 0.1) is 12.1 Å². The summed E-state index contributed by atoms with van der Waals surface area (Å²) in [6.45, 7) is 2.20. The molecule has 0 spiro atoms. The average Bonchev–Trinajstić information content (AvgIpc) is 2.95. The zero-order chi connectivity index (χ0) is 13.9. The summed E-state index contributed by atoms with van der Waals surface area (Å²) in [6, 6.07) is 3.11. The number of amides is 1. The number of aliphatic hydroxyl groups is 1. The molecule has 1 heterocycles. The molecule has 106 valence electrons. The van der Waals surface area contributed by atoms with E-state index in [2.05, 4.69) is 12.2 Å². The quantitative estimate of drug-likeness (QED) is 0.788. The van der Waals surface area contributed by atoms with Gasteiger partial charge >= 0.3 is 0 Å². The summed E-state index contributed by atoms with van der Waals surface area (Å²) in [5.74, 6) is 0.480. The molecule has 1 atom stereocenters. The number of rotatable bonds is 4. The first kappa shape index (κ1) is 14.5. The maximum Gasteiger partial charge on any atom is 0.242 e. The standard InChI is InChI=1S/C14H22N2O2S/c1-10-4-6-14(9-17,7-5-10)16-13(18)12(15)11-3-2-8-19-11/h2-3,8,10,12,17H,4-7,9,15H2,1H3,(H,16,18). The van der Waals surface area contributed by atoms with E-state index in [1.165, 1.54) is 11.3 Å². The molecule has 1 unspecified atom stereocenters. The van der Waals surface area contributed by atoms with Gasteiger partial charge in [-0.2, -0.15) is 0 Å². The lowest BCUT2D eigenvalue weighted by Gasteiger charge is -2.39. The smallest absolute Gasteiger partial charge is 0.242 e. The van der Waals surface area contributed by atoms with Gasteiger partial charge in [-0.15, -0.1) is 11.3 Å². The third-order valence-electron chi connectivity index (χ3n) is 4.05. The van der Waals surface area contributed by atoms with Gasteiger partial charge in [0, 0.05) is 4.88 Å². The predicted octanol–water partition coefficient (Wildman–Crippen LogP) is 1.81. The van der Waals surface area contributed by atoms with Crippen LogP contribution in [0.4, 0.5) is 0 Å². The Balaban J connectivity index is 2.00. The normalized spacial score (nSPS) is 28.9. The molecule has 0 aliphatic heterocycles. The molecule has 1 amide bonds. The lowest BCUT2D eigenvalue weighted by atomic mass is 9.77. The minimum atomic E-state index is -0.636. The van der Waals surface area contributed by atoms with E-state index in [-0.39, 0.29) is 12.5 Å². The topological polar surface area (TPSA) is 75.3 Å². The number of aliphatic hydroxyl groups excluding tert-OH is 1. The molecule has 0 bridgehead atoms. The van der Waals surface area contributed by atoms with Crippen molar-refractivity contribution in [3.8, 4) is 0 Å². The summed E-state index contributed by atoms with van der Waals surface area (Å²) < 4.78 is 0. The number of nitrogens with two attached hydrogens (primary N) is 1. The van der Waals surface area contributed by atoms with E-state index in [0.717, 1.165) is 30.6 Å². The van der Waals surface area contributed by atoms with Gasteiger partial charge in [0.15, 0.2) is 0 Å². The van der Waals surface area contributed by atoms with E-state index in [0.29, 0.717) is 5.92 Å². The van der Waals surface area contributed by atoms with Crippen molar-refractivity contribution in [3.63, 3.8) is 0 Å². The maximum absolute atomic E-state index is 12.2. The highest BCUT2D eigenvalue weighted by atomic mass is 32.1. The fourth-order valence-corrected chi connectivity index (χ4v) is 3.30. The molecule has 1 saturated carbocycles. The summed E-state index contributed by atoms with van der Waals surface area (Å²) >= 11 is 1.48. The van der Waals surface area contributed by atoms with Crippen LogP contribution in [-0.2, 0) is 4.79 Å². The maximum atomic E-state index is 12.2. The van der Waals surface area contributed by atoms with E-state index in [9.17, 15) is 9.90 Å². The van der Waals surface area contributed by atoms with E-state index in [4.69, 9.17) is 5.73 Å². The molecular weight excluding hydrogens is 260 g/mol. The molecule has 1 aromatic heterocycles. The Kier molecular flexibility index (Phi) is 4.60. The second kappa shape index (κ2) is 6.03. The lowest BCUT2D eigenvalue weighted by molar-refractivity contribution is -0.125. The van der Waals surface area contributed by atoms with Gasteiger partial charge in [-0.25, -0.2) is 0 Å². The Morgan fingerprint density at radius 1 is 1.63 bits per heavy atom. The molecule has 0 radical (unpaired) electrons. The van der Waals surface area contributed by atoms with Crippen LogP contribution < -0.4 is 11.1 Å². The molecule has 2 rings (SSSR count). The minimum Gasteiger partial charge on any atom is -0.394 e. The molecule has 0 saturated heterocycles. The number of thiophene rings is 1. The molecule has 5 heteroatoms. The molecule has 4 N–H and O–H groups in total. The fraction of sp³-hybridized carbons (Fsp3) is 0.643. The van der Waals surface area contributed by atoms with Crippen molar-refractivity contribution in [2.75, 3.05) is 6.61 Å². The number of nitrogens with one attached hydrogen (secondary N) is 1. The Bertz CT molecular complexity index is 411. The van der Waals surface area contributed by atoms with Gasteiger partial charge in [0.1, 0.15) is 6.04 Å². The van der Waals surface area contributed by atoms with Crippen molar-refractivity contribution in [1.29, 1.82) is 0 Å². The van der Waals surface area contributed by atoms with Crippen molar-refractivity contribution in [2.24, 2.45) is 11.7 Å². The van der Waals surface area contributed by atoms with Crippen LogP contribution in [-0.4, -0.2) is 23.2 Å². The minimum absolute atomic E-state index is 0.0113. The Labute approximate surface area is 118 Å². The highest BCUT2D eigenvalue weighted by Gasteiger charge is 2.36. The monoisotopic (exact) mass is 282 g/mol. The summed E-state index contributed by atoms with van der Waals surface area (Å²) in [6.07, 6.45) is 3.73. The summed E-state index contributed by atoms with van der Waals surface area (Å²) in [4.78, 5) is 13.1. The lowest BCUT2D eigenvalue weighted by Crippen LogP contribution is -2.55. The highest BCUT2D eigenvalue weighted by Crippen LogP contribution is 2.32. The van der Waals surface area contributed by atoms with E-state index >= 15 is 0 Å². The Morgan fingerprint density at radius 3 is 2.84 bits per heavy atom. The fourth-order valence-electron chi connectivity index (χ4n) is 2.57. The summed E-state index contributed by atoms with van der Waals surface area (Å²) in [7, 11) is 0. The van der Waals surface area contributed by atoms with Crippen molar-refractivity contribution in [2.45, 2.75) is 44.2 Å².